The van der Waals surface area contributed by atoms with Crippen LogP contribution in [0.4, 0.5) is 5.69 Å². The van der Waals surface area contributed by atoms with Crippen LogP contribution in [0.3, 0.4) is 0 Å². The van der Waals surface area contributed by atoms with Crippen molar-refractivity contribution in [2.75, 3.05) is 25.9 Å². The Morgan fingerprint density at radius 3 is 2.50 bits per heavy atom. The van der Waals surface area contributed by atoms with Gasteiger partial charge in [-0.25, -0.2) is 0 Å². The Morgan fingerprint density at radius 2 is 1.82 bits per heavy atom. The summed E-state index contributed by atoms with van der Waals surface area (Å²) in [4.78, 5) is 17.1. The maximum Gasteiger partial charge on any atom is 0.253 e. The Labute approximate surface area is 133 Å². The van der Waals surface area contributed by atoms with E-state index >= 15 is 0 Å². The molecule has 2 aliphatic rings. The quantitative estimate of drug-likeness (QED) is 0.873. The smallest absolute Gasteiger partial charge is 0.253 e. The highest BCUT2D eigenvalue weighted by molar-refractivity contribution is 5.94. The highest BCUT2D eigenvalue weighted by Crippen LogP contribution is 2.27. The third-order valence-electron chi connectivity index (χ3n) is 5.31. The molecule has 0 spiro atoms. The minimum atomic E-state index is 0.107. The molecule has 1 aromatic carbocycles. The van der Waals surface area contributed by atoms with Gasteiger partial charge in [0.1, 0.15) is 0 Å². The summed E-state index contributed by atoms with van der Waals surface area (Å²) in [7, 11) is 1.94. The Morgan fingerprint density at radius 1 is 1.14 bits per heavy atom. The lowest BCUT2D eigenvalue weighted by Gasteiger charge is -2.32. The van der Waals surface area contributed by atoms with Crippen molar-refractivity contribution in [2.24, 2.45) is 0 Å². The Balaban J connectivity index is 1.59. The first-order valence-electron chi connectivity index (χ1n) is 8.52. The van der Waals surface area contributed by atoms with Gasteiger partial charge >= 0.3 is 0 Å². The molecule has 0 aromatic heterocycles. The number of amides is 1. The molecule has 0 radical (unpaired) electrons. The number of hydrogen-bond acceptors (Lipinski definition) is 3. The van der Waals surface area contributed by atoms with Crippen molar-refractivity contribution in [1.82, 2.24) is 9.80 Å². The van der Waals surface area contributed by atoms with Crippen molar-refractivity contribution in [1.29, 1.82) is 0 Å². The van der Waals surface area contributed by atoms with E-state index in [9.17, 15) is 4.79 Å². The van der Waals surface area contributed by atoms with E-state index in [1.807, 2.05) is 24.1 Å². The molecule has 1 aliphatic carbocycles. The topological polar surface area (TPSA) is 49.6 Å². The fourth-order valence-corrected chi connectivity index (χ4v) is 3.86. The minimum absolute atomic E-state index is 0.107. The van der Waals surface area contributed by atoms with Crippen LogP contribution in [-0.4, -0.2) is 47.9 Å². The van der Waals surface area contributed by atoms with Gasteiger partial charge in [-0.2, -0.15) is 0 Å². The zero-order valence-electron chi connectivity index (χ0n) is 13.5. The van der Waals surface area contributed by atoms with Gasteiger partial charge in [0.15, 0.2) is 0 Å². The number of nitrogens with two attached hydrogens (primary N) is 1. The molecular formula is C18H27N3O. The molecule has 1 aromatic rings. The van der Waals surface area contributed by atoms with Crippen LogP contribution in [0.15, 0.2) is 24.3 Å². The number of hydrogen-bond donors (Lipinski definition) is 1. The molecule has 1 amide bonds. The predicted octanol–water partition coefficient (Wildman–Crippen LogP) is 2.75. The number of likely N-dealkylation sites (N-methyl/N-ethyl adjacent to an activating group) is 1. The fourth-order valence-electron chi connectivity index (χ4n) is 3.86. The van der Waals surface area contributed by atoms with E-state index in [1.54, 1.807) is 12.1 Å². The molecule has 1 saturated heterocycles. The van der Waals surface area contributed by atoms with Crippen LogP contribution in [-0.2, 0) is 0 Å². The first kappa shape index (κ1) is 15.3. The van der Waals surface area contributed by atoms with E-state index in [0.717, 1.165) is 31.1 Å². The molecule has 4 nitrogen and oxygen atoms in total. The monoisotopic (exact) mass is 301 g/mol. The molecule has 2 N–H and O–H groups in total. The Kier molecular flexibility index (Phi) is 4.67. The van der Waals surface area contributed by atoms with Gasteiger partial charge in [-0.1, -0.05) is 19.3 Å². The molecule has 1 heterocycles. The summed E-state index contributed by atoms with van der Waals surface area (Å²) in [6.45, 7) is 2.16. The number of nitrogen functional groups attached to an aromatic ring is 1. The van der Waals surface area contributed by atoms with Crippen LogP contribution < -0.4 is 5.73 Å². The normalized spacial score (nSPS) is 23.6. The third-order valence-corrected chi connectivity index (χ3v) is 5.31. The minimum Gasteiger partial charge on any atom is -0.399 e. The Bertz CT molecular complexity index is 508. The fraction of sp³-hybridized carbons (Fsp3) is 0.611. The highest BCUT2D eigenvalue weighted by atomic mass is 16.2. The number of benzene rings is 1. The van der Waals surface area contributed by atoms with E-state index in [4.69, 9.17) is 5.73 Å². The maximum atomic E-state index is 12.6. The molecule has 3 rings (SSSR count). The lowest BCUT2D eigenvalue weighted by Crippen LogP contribution is -2.41. The van der Waals surface area contributed by atoms with E-state index in [2.05, 4.69) is 4.90 Å². The lowest BCUT2D eigenvalue weighted by atomic mass is 9.94. The third kappa shape index (κ3) is 3.27. The molecule has 2 fully saturated rings. The summed E-state index contributed by atoms with van der Waals surface area (Å²) in [6.07, 6.45) is 7.89. The Hall–Kier alpha value is -1.55. The molecule has 0 bridgehead atoms. The second kappa shape index (κ2) is 6.69. The number of likely N-dealkylation sites (tertiary alicyclic amines) is 1. The van der Waals surface area contributed by atoms with Crippen molar-refractivity contribution in [3.05, 3.63) is 29.8 Å². The summed E-state index contributed by atoms with van der Waals surface area (Å²) in [6, 6.07) is 8.32. The predicted molar refractivity (Wildman–Crippen MR) is 89.8 cm³/mol. The largest absolute Gasteiger partial charge is 0.399 e. The number of nitrogens with zero attached hydrogens (tertiary/aromatic N) is 2. The van der Waals surface area contributed by atoms with Crippen LogP contribution in [0.2, 0.25) is 0 Å². The van der Waals surface area contributed by atoms with Crippen molar-refractivity contribution in [2.45, 2.75) is 50.6 Å². The second-order valence-corrected chi connectivity index (χ2v) is 6.77. The molecule has 4 heteroatoms. The maximum absolute atomic E-state index is 12.6. The molecule has 0 unspecified atom stereocenters. The summed E-state index contributed by atoms with van der Waals surface area (Å²) in [5.41, 5.74) is 7.12. The number of carbonyl (C=O) groups is 1. The average Bonchev–Trinajstić information content (AvgIpc) is 3.05. The van der Waals surface area contributed by atoms with E-state index in [1.165, 1.54) is 32.1 Å². The van der Waals surface area contributed by atoms with Crippen LogP contribution in [0.5, 0.6) is 0 Å². The van der Waals surface area contributed by atoms with Crippen molar-refractivity contribution in [3.8, 4) is 0 Å². The van der Waals surface area contributed by atoms with Crippen LogP contribution in [0.25, 0.3) is 0 Å². The van der Waals surface area contributed by atoms with E-state index in [0.29, 0.717) is 11.7 Å². The zero-order chi connectivity index (χ0) is 15.5. The molecule has 1 atom stereocenters. The van der Waals surface area contributed by atoms with Gasteiger partial charge in [-0.05, 0) is 43.5 Å². The molecule has 22 heavy (non-hydrogen) atoms. The van der Waals surface area contributed by atoms with Crippen molar-refractivity contribution >= 4 is 11.6 Å². The molecule has 120 valence electrons. The van der Waals surface area contributed by atoms with Crippen LogP contribution in [0, 0.1) is 0 Å². The standard InChI is InChI=1S/C18H27N3O/c1-20(18(22)14-7-9-15(19)10-8-14)17-11-12-21(13-17)16-5-3-2-4-6-16/h7-10,16-17H,2-6,11-13,19H2,1H3/t17-/m0/s1. The first-order valence-corrected chi connectivity index (χ1v) is 8.52. The van der Waals surface area contributed by atoms with Crippen LogP contribution >= 0.6 is 0 Å². The summed E-state index contributed by atoms with van der Waals surface area (Å²) in [5.74, 6) is 0.107. The van der Waals surface area contributed by atoms with Crippen molar-refractivity contribution in [3.63, 3.8) is 0 Å². The van der Waals surface area contributed by atoms with Gasteiger partial charge in [0.2, 0.25) is 0 Å². The second-order valence-electron chi connectivity index (χ2n) is 6.77. The summed E-state index contributed by atoms with van der Waals surface area (Å²) in [5, 5.41) is 0. The average molecular weight is 301 g/mol. The van der Waals surface area contributed by atoms with Gasteiger partial charge in [0.25, 0.3) is 5.91 Å². The van der Waals surface area contributed by atoms with Gasteiger partial charge < -0.3 is 10.6 Å². The van der Waals surface area contributed by atoms with Gasteiger partial charge in [0, 0.05) is 43.5 Å². The van der Waals surface area contributed by atoms with Gasteiger partial charge in [-0.3, -0.25) is 9.69 Å². The SMILES string of the molecule is CN(C(=O)c1ccc(N)cc1)[C@H]1CCN(C2CCCCC2)C1. The van der Waals surface area contributed by atoms with Gasteiger partial charge in [0.05, 0.1) is 0 Å². The number of rotatable bonds is 3. The molecule has 1 aliphatic heterocycles. The number of anilines is 1. The van der Waals surface area contributed by atoms with E-state index in [-0.39, 0.29) is 5.91 Å². The first-order chi connectivity index (χ1) is 10.6. The summed E-state index contributed by atoms with van der Waals surface area (Å²) >= 11 is 0. The molecule has 1 saturated carbocycles. The zero-order valence-corrected chi connectivity index (χ0v) is 13.5. The van der Waals surface area contributed by atoms with Crippen LogP contribution in [0.1, 0.15) is 48.9 Å². The summed E-state index contributed by atoms with van der Waals surface area (Å²) < 4.78 is 0. The molecular weight excluding hydrogens is 274 g/mol. The van der Waals surface area contributed by atoms with Crippen molar-refractivity contribution < 1.29 is 4.79 Å². The van der Waals surface area contributed by atoms with E-state index < -0.39 is 0 Å². The van der Waals surface area contributed by atoms with Gasteiger partial charge in [-0.15, -0.1) is 0 Å². The number of carbonyl (C=O) groups excluding carboxylic acids is 1. The lowest BCUT2D eigenvalue weighted by molar-refractivity contribution is 0.0726. The highest BCUT2D eigenvalue weighted by Gasteiger charge is 2.32.